The molecule has 44 heavy (non-hydrogen) atoms. The Morgan fingerprint density at radius 3 is 2.68 bits per heavy atom. The summed E-state index contributed by atoms with van der Waals surface area (Å²) in [5.41, 5.74) is 3.14. The second-order valence-electron chi connectivity index (χ2n) is 9.84. The van der Waals surface area contributed by atoms with Crippen LogP contribution in [-0.4, -0.2) is 23.0 Å². The molecule has 0 radical (unpaired) electrons. The van der Waals surface area contributed by atoms with Gasteiger partial charge in [-0.25, -0.2) is 4.98 Å². The lowest BCUT2D eigenvalue weighted by Crippen LogP contribution is -2.20. The molecule has 0 atom stereocenters. The third-order valence-electron chi connectivity index (χ3n) is 6.90. The predicted molar refractivity (Wildman–Crippen MR) is 180 cm³/mol. The first-order valence-corrected chi connectivity index (χ1v) is 15.0. The third-order valence-corrected chi connectivity index (χ3v) is 7.98. The van der Waals surface area contributed by atoms with Crippen LogP contribution in [0.4, 0.5) is 0 Å². The van der Waals surface area contributed by atoms with E-state index in [2.05, 4.69) is 27.6 Å². The van der Waals surface area contributed by atoms with Gasteiger partial charge < -0.3 is 13.9 Å². The smallest absolute Gasteiger partial charge is 0.282 e. The van der Waals surface area contributed by atoms with Crippen LogP contribution in [0.3, 0.4) is 0 Å². The number of ether oxygens (including phenoxy) is 2. The van der Waals surface area contributed by atoms with Crippen LogP contribution in [0.5, 0.6) is 11.5 Å². The number of fused-ring (bicyclic) bond motifs is 2. The van der Waals surface area contributed by atoms with Gasteiger partial charge in [0.15, 0.2) is 17.3 Å². The summed E-state index contributed by atoms with van der Waals surface area (Å²) in [5, 5.41) is 6.95. The molecule has 0 aliphatic heterocycles. The number of furan rings is 1. The molecule has 10 heteroatoms. The second-order valence-corrected chi connectivity index (χ2v) is 11.6. The number of para-hydroxylation sites is 1. The van der Waals surface area contributed by atoms with Crippen LogP contribution in [0.25, 0.3) is 33.5 Å². The summed E-state index contributed by atoms with van der Waals surface area (Å²) in [6.45, 7) is 4.10. The Morgan fingerprint density at radius 1 is 1.05 bits per heavy atom. The summed E-state index contributed by atoms with van der Waals surface area (Å²) in [6.07, 6.45) is 3.85. The zero-order valence-corrected chi connectivity index (χ0v) is 26.5. The number of allylic oxidation sites excluding steroid dienone is 1. The van der Waals surface area contributed by atoms with Crippen molar-refractivity contribution in [2.24, 2.45) is 5.10 Å². The van der Waals surface area contributed by atoms with Crippen LogP contribution in [0.2, 0.25) is 10.0 Å². The van der Waals surface area contributed by atoms with E-state index in [9.17, 15) is 4.79 Å². The van der Waals surface area contributed by atoms with Gasteiger partial charge in [0.2, 0.25) is 5.82 Å². The van der Waals surface area contributed by atoms with Crippen LogP contribution in [0.15, 0.2) is 110 Å². The van der Waals surface area contributed by atoms with Gasteiger partial charge in [-0.05, 0) is 72.6 Å². The number of nitrogens with zero attached hydrogens (tertiary/aromatic N) is 3. The zero-order chi connectivity index (χ0) is 30.8. The second kappa shape index (κ2) is 12.7. The quantitative estimate of drug-likeness (QED) is 0.112. The first kappa shape index (κ1) is 29.7. The van der Waals surface area contributed by atoms with Crippen molar-refractivity contribution in [3.8, 4) is 23.1 Å². The number of benzene rings is 4. The van der Waals surface area contributed by atoms with Gasteiger partial charge in [0.25, 0.3) is 5.56 Å². The molecule has 0 bridgehead atoms. The van der Waals surface area contributed by atoms with E-state index in [-0.39, 0.29) is 18.0 Å². The summed E-state index contributed by atoms with van der Waals surface area (Å²) >= 11 is 15.9. The molecule has 0 saturated heterocycles. The topological polar surface area (TPSA) is 78.9 Å². The fourth-order valence-corrected chi connectivity index (χ4v) is 5.65. The summed E-state index contributed by atoms with van der Waals surface area (Å²) in [4.78, 5) is 18.5. The highest BCUT2D eigenvalue weighted by Gasteiger charge is 2.18. The average Bonchev–Trinajstić information content (AvgIpc) is 3.44. The molecule has 0 fully saturated rings. The lowest BCUT2D eigenvalue weighted by atomic mass is 10.1. The number of rotatable bonds is 9. The molecule has 7 nitrogen and oxygen atoms in total. The van der Waals surface area contributed by atoms with Crippen molar-refractivity contribution in [1.82, 2.24) is 9.66 Å². The van der Waals surface area contributed by atoms with E-state index >= 15 is 0 Å². The van der Waals surface area contributed by atoms with Crippen molar-refractivity contribution in [1.29, 1.82) is 0 Å². The van der Waals surface area contributed by atoms with E-state index in [1.165, 1.54) is 4.68 Å². The van der Waals surface area contributed by atoms with E-state index in [1.54, 1.807) is 55.8 Å². The van der Waals surface area contributed by atoms with Crippen molar-refractivity contribution < 1.29 is 13.9 Å². The Labute approximate surface area is 271 Å². The minimum Gasteiger partial charge on any atom is -0.493 e. The summed E-state index contributed by atoms with van der Waals surface area (Å²) < 4.78 is 20.2. The van der Waals surface area contributed by atoms with Crippen LogP contribution in [-0.2, 0) is 13.0 Å². The average molecular weight is 689 g/mol. The molecule has 220 valence electrons. The molecule has 2 heterocycles. The molecule has 0 N–H and O–H groups in total. The Bertz CT molecular complexity index is 2140. The molecule has 0 saturated carbocycles. The highest BCUT2D eigenvalue weighted by atomic mass is 79.9. The standard InChI is InChI=1S/C34H24BrCl2N3O4/c1-3-6-21-13-20(14-30(42-2)32(21)43-19-22-9-11-25(36)17-27(22)37)18-38-40-33(39-28-8-5-4-7-26(28)34(40)41)31-16-23-15-24(35)10-12-29(23)44-31/h3-5,7-18H,1,6,19H2,2H3. The van der Waals surface area contributed by atoms with Gasteiger partial charge in [0.1, 0.15) is 12.2 Å². The maximum absolute atomic E-state index is 13.7. The largest absolute Gasteiger partial charge is 0.493 e. The summed E-state index contributed by atoms with van der Waals surface area (Å²) in [7, 11) is 1.56. The maximum atomic E-state index is 13.7. The lowest BCUT2D eigenvalue weighted by Gasteiger charge is -2.16. The van der Waals surface area contributed by atoms with E-state index in [0.717, 1.165) is 21.0 Å². The van der Waals surface area contributed by atoms with Gasteiger partial charge in [-0.15, -0.1) is 6.58 Å². The number of methoxy groups -OCH3 is 1. The number of hydrogen-bond acceptors (Lipinski definition) is 6. The van der Waals surface area contributed by atoms with Gasteiger partial charge in [0.05, 0.1) is 24.2 Å². The lowest BCUT2D eigenvalue weighted by molar-refractivity contribution is 0.282. The molecular formula is C34H24BrCl2N3O4. The highest BCUT2D eigenvalue weighted by Crippen LogP contribution is 2.35. The van der Waals surface area contributed by atoms with Crippen molar-refractivity contribution in [3.63, 3.8) is 0 Å². The molecule has 0 amide bonds. The molecule has 6 aromatic rings. The Hall–Kier alpha value is -4.37. The van der Waals surface area contributed by atoms with E-state index in [1.807, 2.05) is 42.5 Å². The molecule has 2 aromatic heterocycles. The Balaban J connectivity index is 1.42. The Morgan fingerprint density at radius 2 is 1.89 bits per heavy atom. The monoisotopic (exact) mass is 687 g/mol. The van der Waals surface area contributed by atoms with Gasteiger partial charge in [-0.2, -0.15) is 9.78 Å². The molecule has 0 unspecified atom stereocenters. The Kier molecular flexibility index (Phi) is 8.57. The number of aromatic nitrogens is 2. The molecular weight excluding hydrogens is 665 g/mol. The fourth-order valence-electron chi connectivity index (χ4n) is 4.81. The highest BCUT2D eigenvalue weighted by molar-refractivity contribution is 9.10. The van der Waals surface area contributed by atoms with Crippen molar-refractivity contribution in [3.05, 3.63) is 133 Å². The van der Waals surface area contributed by atoms with Gasteiger partial charge in [-0.3, -0.25) is 4.79 Å². The van der Waals surface area contributed by atoms with Crippen molar-refractivity contribution in [2.75, 3.05) is 7.11 Å². The van der Waals surface area contributed by atoms with E-state index in [0.29, 0.717) is 55.8 Å². The summed E-state index contributed by atoms with van der Waals surface area (Å²) in [5.74, 6) is 1.72. The maximum Gasteiger partial charge on any atom is 0.282 e. The molecule has 0 aliphatic rings. The van der Waals surface area contributed by atoms with Crippen LogP contribution < -0.4 is 15.0 Å². The van der Waals surface area contributed by atoms with E-state index < -0.39 is 0 Å². The van der Waals surface area contributed by atoms with Crippen LogP contribution >= 0.6 is 39.1 Å². The normalized spacial score (nSPS) is 11.5. The van der Waals surface area contributed by atoms with Crippen molar-refractivity contribution in [2.45, 2.75) is 13.0 Å². The zero-order valence-electron chi connectivity index (χ0n) is 23.4. The first-order chi connectivity index (χ1) is 21.3. The fraction of sp³-hybridized carbons (Fsp3) is 0.0882. The minimum absolute atomic E-state index is 0.208. The van der Waals surface area contributed by atoms with E-state index in [4.69, 9.17) is 42.1 Å². The SMILES string of the molecule is C=CCc1cc(C=Nn2c(-c3cc4cc(Br)ccc4o3)nc3ccccc3c2=O)cc(OC)c1OCc1ccc(Cl)cc1Cl. The number of hydrogen-bond donors (Lipinski definition) is 0. The predicted octanol–water partition coefficient (Wildman–Crippen LogP) is 9.08. The van der Waals surface area contributed by atoms with Gasteiger partial charge in [0, 0.05) is 31.0 Å². The van der Waals surface area contributed by atoms with Gasteiger partial charge >= 0.3 is 0 Å². The molecule has 0 spiro atoms. The van der Waals surface area contributed by atoms with Crippen LogP contribution in [0, 0.1) is 0 Å². The minimum atomic E-state index is -0.332. The van der Waals surface area contributed by atoms with Gasteiger partial charge in [-0.1, -0.05) is 63.4 Å². The summed E-state index contributed by atoms with van der Waals surface area (Å²) in [6, 6.07) is 23.6. The third kappa shape index (κ3) is 6.01. The van der Waals surface area contributed by atoms with Crippen LogP contribution in [0.1, 0.15) is 16.7 Å². The number of halogens is 3. The first-order valence-electron chi connectivity index (χ1n) is 13.5. The molecule has 4 aromatic carbocycles. The molecule has 0 aliphatic carbocycles. The molecule has 6 rings (SSSR count). The van der Waals surface area contributed by atoms with Crippen molar-refractivity contribution >= 4 is 67.2 Å².